The third kappa shape index (κ3) is 3.21. The van der Waals surface area contributed by atoms with Crippen LogP contribution in [-0.2, 0) is 24.1 Å². The number of hydrogen-bond acceptors (Lipinski definition) is 1. The lowest BCUT2D eigenvalue weighted by atomic mass is 9.46. The summed E-state index contributed by atoms with van der Waals surface area (Å²) in [7, 11) is 0. The Bertz CT molecular complexity index is 995. The molecule has 3 aromatic carbocycles. The summed E-state index contributed by atoms with van der Waals surface area (Å²) in [6.45, 7) is 2.45. The highest BCUT2D eigenvalue weighted by Gasteiger charge is 2.57. The zero-order valence-corrected chi connectivity index (χ0v) is 17.8. The first-order valence-electron chi connectivity index (χ1n) is 11.3. The molecule has 30 heavy (non-hydrogen) atoms. The quantitative estimate of drug-likeness (QED) is 0.490. The van der Waals surface area contributed by atoms with Gasteiger partial charge in [-0.25, -0.2) is 0 Å². The summed E-state index contributed by atoms with van der Waals surface area (Å²) in [6, 6.07) is 30.2. The molecule has 2 aliphatic rings. The van der Waals surface area contributed by atoms with Crippen molar-refractivity contribution in [3.8, 4) is 0 Å². The van der Waals surface area contributed by atoms with Gasteiger partial charge in [0.2, 0.25) is 0 Å². The van der Waals surface area contributed by atoms with E-state index in [0.717, 1.165) is 25.7 Å². The van der Waals surface area contributed by atoms with E-state index in [1.807, 2.05) is 0 Å². The van der Waals surface area contributed by atoms with E-state index in [9.17, 15) is 4.79 Å². The summed E-state index contributed by atoms with van der Waals surface area (Å²) in [4.78, 5) is 13.9. The molecule has 152 valence electrons. The molecule has 0 spiro atoms. The normalized spacial score (nSPS) is 24.7. The van der Waals surface area contributed by atoms with Crippen LogP contribution in [0.15, 0.2) is 84.9 Å². The van der Waals surface area contributed by atoms with Gasteiger partial charge in [-0.2, -0.15) is 0 Å². The topological polar surface area (TPSA) is 17.1 Å². The van der Waals surface area contributed by atoms with Crippen LogP contribution in [-0.4, -0.2) is 5.78 Å². The Morgan fingerprint density at radius 3 is 1.90 bits per heavy atom. The van der Waals surface area contributed by atoms with Crippen molar-refractivity contribution >= 4 is 5.78 Å². The summed E-state index contributed by atoms with van der Waals surface area (Å²) in [5.41, 5.74) is 5.19. The lowest BCUT2D eigenvalue weighted by Gasteiger charge is -2.56. The minimum absolute atomic E-state index is 0.172. The molecule has 0 heterocycles. The highest BCUT2D eigenvalue weighted by molar-refractivity contribution is 5.88. The van der Waals surface area contributed by atoms with Gasteiger partial charge in [0.1, 0.15) is 5.78 Å². The van der Waals surface area contributed by atoms with E-state index in [2.05, 4.69) is 91.9 Å². The molecule has 0 N–H and O–H groups in total. The van der Waals surface area contributed by atoms with Crippen LogP contribution in [0.4, 0.5) is 0 Å². The molecule has 0 aromatic heterocycles. The fourth-order valence-corrected chi connectivity index (χ4v) is 6.41. The third-order valence-electron chi connectivity index (χ3n) is 7.78. The molecule has 0 saturated heterocycles. The zero-order valence-electron chi connectivity index (χ0n) is 17.8. The molecular weight excluding hydrogens is 364 g/mol. The van der Waals surface area contributed by atoms with Crippen molar-refractivity contribution in [3.63, 3.8) is 0 Å². The van der Waals surface area contributed by atoms with Gasteiger partial charge in [0, 0.05) is 17.8 Å². The van der Waals surface area contributed by atoms with Crippen LogP contribution in [0.3, 0.4) is 0 Å². The number of Topliss-reactive ketones (excluding diaryl/α,β-unsaturated/α-hetero) is 1. The minimum atomic E-state index is -0.397. The lowest BCUT2D eigenvalue weighted by molar-refractivity contribution is -0.139. The largest absolute Gasteiger partial charge is 0.299 e. The third-order valence-corrected chi connectivity index (χ3v) is 7.78. The molecule has 1 nitrogen and oxygen atoms in total. The number of ketones is 1. The van der Waals surface area contributed by atoms with E-state index < -0.39 is 5.41 Å². The van der Waals surface area contributed by atoms with Gasteiger partial charge in [-0.3, -0.25) is 4.79 Å². The summed E-state index contributed by atoms with van der Waals surface area (Å²) in [6.07, 6.45) is 5.65. The second kappa shape index (κ2) is 7.54. The van der Waals surface area contributed by atoms with Crippen molar-refractivity contribution in [2.45, 2.75) is 51.4 Å². The summed E-state index contributed by atoms with van der Waals surface area (Å²) < 4.78 is 0. The second-order valence-corrected chi connectivity index (χ2v) is 9.69. The van der Waals surface area contributed by atoms with Crippen LogP contribution in [0.5, 0.6) is 0 Å². The van der Waals surface area contributed by atoms with Crippen molar-refractivity contribution in [3.05, 3.63) is 107 Å². The van der Waals surface area contributed by atoms with Gasteiger partial charge >= 0.3 is 0 Å². The molecule has 0 aliphatic heterocycles. The average molecular weight is 395 g/mol. The van der Waals surface area contributed by atoms with E-state index >= 15 is 0 Å². The van der Waals surface area contributed by atoms with Crippen LogP contribution in [0.2, 0.25) is 0 Å². The van der Waals surface area contributed by atoms with Crippen LogP contribution < -0.4 is 0 Å². The SMILES string of the molecule is CC12CCC(=O)C(Cc3ccccc3)(Cc3ccccc3)C1c1ccccc1CC2. The van der Waals surface area contributed by atoms with E-state index in [-0.39, 0.29) is 11.3 Å². The molecule has 2 aliphatic carbocycles. The minimum Gasteiger partial charge on any atom is -0.299 e. The molecule has 1 fully saturated rings. The standard InChI is InChI=1S/C29H30O/c1-28-18-16-24-14-8-9-15-25(24)27(28)29(26(30)17-19-28,20-22-10-4-2-5-11-22)21-23-12-6-3-7-13-23/h2-15,27H,16-21H2,1H3. The Morgan fingerprint density at radius 1 is 0.733 bits per heavy atom. The second-order valence-electron chi connectivity index (χ2n) is 9.69. The van der Waals surface area contributed by atoms with Crippen molar-refractivity contribution in [1.82, 2.24) is 0 Å². The Labute approximate surface area is 180 Å². The Morgan fingerprint density at radius 2 is 1.27 bits per heavy atom. The number of benzene rings is 3. The Balaban J connectivity index is 1.71. The predicted octanol–water partition coefficient (Wildman–Crippen LogP) is 6.56. The lowest BCUT2D eigenvalue weighted by Crippen LogP contribution is -2.53. The smallest absolute Gasteiger partial charge is 0.140 e. The number of carbonyl (C=O) groups excluding carboxylic acids is 1. The van der Waals surface area contributed by atoms with Crippen LogP contribution in [0, 0.1) is 10.8 Å². The van der Waals surface area contributed by atoms with E-state index in [1.54, 1.807) is 0 Å². The predicted molar refractivity (Wildman–Crippen MR) is 123 cm³/mol. The zero-order chi connectivity index (χ0) is 20.6. The highest BCUT2D eigenvalue weighted by atomic mass is 16.1. The van der Waals surface area contributed by atoms with E-state index in [0.29, 0.717) is 12.2 Å². The van der Waals surface area contributed by atoms with Crippen LogP contribution >= 0.6 is 0 Å². The van der Waals surface area contributed by atoms with Crippen LogP contribution in [0.25, 0.3) is 0 Å². The molecule has 2 unspecified atom stereocenters. The number of carbonyl (C=O) groups is 1. The molecule has 1 saturated carbocycles. The fraction of sp³-hybridized carbons (Fsp3) is 0.345. The van der Waals surface area contributed by atoms with Gasteiger partial charge in [0.05, 0.1) is 0 Å². The molecule has 2 atom stereocenters. The molecule has 0 bridgehead atoms. The van der Waals surface area contributed by atoms with Crippen molar-refractivity contribution < 1.29 is 4.79 Å². The summed E-state index contributed by atoms with van der Waals surface area (Å²) >= 11 is 0. The molecule has 5 rings (SSSR count). The van der Waals surface area contributed by atoms with Crippen molar-refractivity contribution in [1.29, 1.82) is 0 Å². The maximum absolute atomic E-state index is 13.9. The monoisotopic (exact) mass is 394 g/mol. The summed E-state index contributed by atoms with van der Waals surface area (Å²) in [5.74, 6) is 0.714. The van der Waals surface area contributed by atoms with Crippen LogP contribution in [0.1, 0.15) is 54.4 Å². The van der Waals surface area contributed by atoms with Gasteiger partial charge in [-0.05, 0) is 59.8 Å². The maximum atomic E-state index is 13.9. The first kappa shape index (κ1) is 19.3. The number of fused-ring (bicyclic) bond motifs is 3. The Kier molecular flexibility index (Phi) is 4.85. The van der Waals surface area contributed by atoms with Gasteiger partial charge < -0.3 is 0 Å². The molecule has 0 amide bonds. The van der Waals surface area contributed by atoms with Crippen molar-refractivity contribution in [2.75, 3.05) is 0 Å². The number of hydrogen-bond donors (Lipinski definition) is 0. The molecule has 0 radical (unpaired) electrons. The average Bonchev–Trinajstić information content (AvgIpc) is 2.78. The molecule has 3 aromatic rings. The van der Waals surface area contributed by atoms with Gasteiger partial charge in [-0.15, -0.1) is 0 Å². The number of aryl methyl sites for hydroxylation is 1. The highest BCUT2D eigenvalue weighted by Crippen LogP contribution is 2.61. The molecule has 1 heteroatoms. The maximum Gasteiger partial charge on any atom is 0.140 e. The van der Waals surface area contributed by atoms with Gasteiger partial charge in [0.25, 0.3) is 0 Å². The number of rotatable bonds is 4. The molecular formula is C29H30O. The first-order chi connectivity index (χ1) is 14.6. The van der Waals surface area contributed by atoms with E-state index in [4.69, 9.17) is 0 Å². The van der Waals surface area contributed by atoms with Crippen molar-refractivity contribution in [2.24, 2.45) is 10.8 Å². The summed E-state index contributed by atoms with van der Waals surface area (Å²) in [5, 5.41) is 0. The first-order valence-corrected chi connectivity index (χ1v) is 11.3. The fourth-order valence-electron chi connectivity index (χ4n) is 6.41. The van der Waals surface area contributed by atoms with E-state index in [1.165, 1.54) is 28.7 Å². The van der Waals surface area contributed by atoms with Gasteiger partial charge in [0.15, 0.2) is 0 Å². The van der Waals surface area contributed by atoms with Gasteiger partial charge in [-0.1, -0.05) is 91.9 Å². The Hall–Kier alpha value is -2.67.